The zero-order valence-corrected chi connectivity index (χ0v) is 11.8. The first-order valence-corrected chi connectivity index (χ1v) is 6.04. The first kappa shape index (κ1) is 15.4. The van der Waals surface area contributed by atoms with Crippen molar-refractivity contribution in [3.8, 4) is 0 Å². The quantitative estimate of drug-likeness (QED) is 0.627. The highest BCUT2D eigenvalue weighted by Crippen LogP contribution is 2.07. The molecular formula is C11H21N5O3. The molecule has 1 rings (SSSR count). The number of nitrogens with zero attached hydrogens (tertiary/aromatic N) is 3. The summed E-state index contributed by atoms with van der Waals surface area (Å²) in [6.45, 7) is 3.53. The van der Waals surface area contributed by atoms with Gasteiger partial charge in [-0.25, -0.2) is 0 Å². The number of methoxy groups -OCH3 is 1. The largest absolute Gasteiger partial charge is 0.407 e. The van der Waals surface area contributed by atoms with Gasteiger partial charge in [-0.3, -0.25) is 4.79 Å². The Hall–Kier alpha value is -1.67. The van der Waals surface area contributed by atoms with Gasteiger partial charge in [0.15, 0.2) is 0 Å². The van der Waals surface area contributed by atoms with E-state index in [0.29, 0.717) is 25.6 Å². The SMILES string of the molecule is COCCNCc1nnc(NC(C)C(=O)N(C)C)o1. The molecule has 19 heavy (non-hydrogen) atoms. The summed E-state index contributed by atoms with van der Waals surface area (Å²) >= 11 is 0. The van der Waals surface area contributed by atoms with Crippen molar-refractivity contribution in [2.24, 2.45) is 0 Å². The molecule has 1 heterocycles. The maximum absolute atomic E-state index is 11.6. The van der Waals surface area contributed by atoms with E-state index < -0.39 is 6.04 Å². The summed E-state index contributed by atoms with van der Waals surface area (Å²) in [7, 11) is 5.03. The van der Waals surface area contributed by atoms with Crippen LogP contribution in [0, 0.1) is 0 Å². The third kappa shape index (κ3) is 5.23. The fraction of sp³-hybridized carbons (Fsp3) is 0.727. The lowest BCUT2D eigenvalue weighted by Gasteiger charge is -2.16. The van der Waals surface area contributed by atoms with E-state index in [0.717, 1.165) is 0 Å². The van der Waals surface area contributed by atoms with Crippen LogP contribution in [0.15, 0.2) is 4.42 Å². The van der Waals surface area contributed by atoms with Gasteiger partial charge in [0.2, 0.25) is 11.8 Å². The molecule has 0 aromatic carbocycles. The minimum absolute atomic E-state index is 0.0574. The van der Waals surface area contributed by atoms with Crippen molar-refractivity contribution in [2.75, 3.05) is 39.7 Å². The van der Waals surface area contributed by atoms with E-state index in [1.54, 1.807) is 28.1 Å². The summed E-state index contributed by atoms with van der Waals surface area (Å²) in [5.41, 5.74) is 0. The van der Waals surface area contributed by atoms with E-state index in [-0.39, 0.29) is 11.9 Å². The van der Waals surface area contributed by atoms with Gasteiger partial charge in [0.1, 0.15) is 6.04 Å². The second kappa shape index (κ2) is 7.70. The molecule has 0 radical (unpaired) electrons. The van der Waals surface area contributed by atoms with E-state index in [4.69, 9.17) is 9.15 Å². The Morgan fingerprint density at radius 3 is 2.84 bits per heavy atom. The monoisotopic (exact) mass is 271 g/mol. The number of likely N-dealkylation sites (N-methyl/N-ethyl adjacent to an activating group) is 1. The highest BCUT2D eigenvalue weighted by Gasteiger charge is 2.17. The summed E-state index contributed by atoms with van der Waals surface area (Å²) in [6.07, 6.45) is 0. The number of hydrogen-bond acceptors (Lipinski definition) is 7. The molecule has 0 aliphatic rings. The molecule has 0 aliphatic heterocycles. The van der Waals surface area contributed by atoms with Crippen LogP contribution in [0.3, 0.4) is 0 Å². The topological polar surface area (TPSA) is 92.5 Å². The molecule has 8 nitrogen and oxygen atoms in total. The van der Waals surface area contributed by atoms with Crippen LogP contribution in [-0.4, -0.2) is 61.4 Å². The molecule has 2 N–H and O–H groups in total. The third-order valence-electron chi connectivity index (χ3n) is 2.38. The molecule has 0 fully saturated rings. The lowest BCUT2D eigenvalue weighted by atomic mass is 10.3. The van der Waals surface area contributed by atoms with Crippen LogP contribution in [-0.2, 0) is 16.1 Å². The molecule has 0 aliphatic carbocycles. The first-order valence-electron chi connectivity index (χ1n) is 6.04. The lowest BCUT2D eigenvalue weighted by Crippen LogP contribution is -2.36. The maximum atomic E-state index is 11.6. The fourth-order valence-electron chi connectivity index (χ4n) is 1.39. The van der Waals surface area contributed by atoms with Crippen molar-refractivity contribution in [3.05, 3.63) is 5.89 Å². The van der Waals surface area contributed by atoms with Crippen LogP contribution in [0.1, 0.15) is 12.8 Å². The standard InChI is InChI=1S/C11H21N5O3/c1-8(10(17)16(2)3)13-11-15-14-9(19-11)7-12-5-6-18-4/h8,12H,5-7H2,1-4H3,(H,13,15). The minimum Gasteiger partial charge on any atom is -0.407 e. The van der Waals surface area contributed by atoms with E-state index in [1.807, 2.05) is 0 Å². The molecule has 1 aromatic heterocycles. The van der Waals surface area contributed by atoms with Crippen molar-refractivity contribution >= 4 is 11.9 Å². The number of anilines is 1. The smallest absolute Gasteiger partial charge is 0.316 e. The molecule has 1 aromatic rings. The summed E-state index contributed by atoms with van der Waals surface area (Å²) < 4.78 is 10.3. The predicted octanol–water partition coefficient (Wildman–Crippen LogP) is -0.306. The van der Waals surface area contributed by atoms with Gasteiger partial charge in [0.25, 0.3) is 0 Å². The molecule has 1 atom stereocenters. The fourth-order valence-corrected chi connectivity index (χ4v) is 1.39. The van der Waals surface area contributed by atoms with Gasteiger partial charge < -0.3 is 24.7 Å². The van der Waals surface area contributed by atoms with E-state index in [1.165, 1.54) is 4.90 Å². The number of aromatic nitrogens is 2. The van der Waals surface area contributed by atoms with Crippen molar-refractivity contribution in [1.82, 2.24) is 20.4 Å². The van der Waals surface area contributed by atoms with Crippen LogP contribution in [0.4, 0.5) is 6.01 Å². The minimum atomic E-state index is -0.412. The second-order valence-corrected chi connectivity index (χ2v) is 4.27. The molecule has 0 saturated carbocycles. The Labute approximate surface area is 112 Å². The van der Waals surface area contributed by atoms with Crippen LogP contribution in [0.5, 0.6) is 0 Å². The predicted molar refractivity (Wildman–Crippen MR) is 69.7 cm³/mol. The zero-order chi connectivity index (χ0) is 14.3. The highest BCUT2D eigenvalue weighted by molar-refractivity contribution is 5.83. The van der Waals surface area contributed by atoms with Crippen LogP contribution in [0.2, 0.25) is 0 Å². The molecule has 0 bridgehead atoms. The molecule has 1 unspecified atom stereocenters. The molecule has 0 saturated heterocycles. The Bertz CT molecular complexity index is 393. The van der Waals surface area contributed by atoms with Gasteiger partial charge >= 0.3 is 6.01 Å². The first-order chi connectivity index (χ1) is 9.04. The average molecular weight is 271 g/mol. The van der Waals surface area contributed by atoms with E-state index in [9.17, 15) is 4.79 Å². The normalized spacial score (nSPS) is 12.2. The van der Waals surface area contributed by atoms with Gasteiger partial charge in [-0.1, -0.05) is 5.10 Å². The Kier molecular flexibility index (Phi) is 6.23. The Morgan fingerprint density at radius 1 is 1.47 bits per heavy atom. The van der Waals surface area contributed by atoms with E-state index in [2.05, 4.69) is 20.8 Å². The molecule has 8 heteroatoms. The van der Waals surface area contributed by atoms with E-state index >= 15 is 0 Å². The number of ether oxygens (including phenoxy) is 1. The molecular weight excluding hydrogens is 250 g/mol. The summed E-state index contributed by atoms with van der Waals surface area (Å²) in [6, 6.07) is -0.170. The van der Waals surface area contributed by atoms with Gasteiger partial charge in [-0.2, -0.15) is 0 Å². The van der Waals surface area contributed by atoms with Crippen LogP contribution >= 0.6 is 0 Å². The number of amides is 1. The van der Waals surface area contributed by atoms with Crippen molar-refractivity contribution in [1.29, 1.82) is 0 Å². The number of nitrogens with one attached hydrogen (secondary N) is 2. The van der Waals surface area contributed by atoms with Gasteiger partial charge in [0.05, 0.1) is 13.2 Å². The highest BCUT2D eigenvalue weighted by atomic mass is 16.5. The van der Waals surface area contributed by atoms with Crippen molar-refractivity contribution < 1.29 is 13.9 Å². The van der Waals surface area contributed by atoms with Gasteiger partial charge in [0, 0.05) is 27.7 Å². The maximum Gasteiger partial charge on any atom is 0.316 e. The van der Waals surface area contributed by atoms with Crippen molar-refractivity contribution in [2.45, 2.75) is 19.5 Å². The van der Waals surface area contributed by atoms with Crippen LogP contribution in [0.25, 0.3) is 0 Å². The van der Waals surface area contributed by atoms with Crippen LogP contribution < -0.4 is 10.6 Å². The van der Waals surface area contributed by atoms with Gasteiger partial charge in [-0.05, 0) is 6.92 Å². The summed E-state index contributed by atoms with van der Waals surface area (Å²) in [5, 5.41) is 13.6. The summed E-state index contributed by atoms with van der Waals surface area (Å²) in [5.74, 6) is 0.404. The third-order valence-corrected chi connectivity index (χ3v) is 2.38. The molecule has 1 amide bonds. The number of hydrogen-bond donors (Lipinski definition) is 2. The average Bonchev–Trinajstić information content (AvgIpc) is 2.81. The summed E-state index contributed by atoms with van der Waals surface area (Å²) in [4.78, 5) is 13.1. The second-order valence-electron chi connectivity index (χ2n) is 4.27. The number of carbonyl (C=O) groups is 1. The number of carbonyl (C=O) groups excluding carboxylic acids is 1. The van der Waals surface area contributed by atoms with Crippen molar-refractivity contribution in [3.63, 3.8) is 0 Å². The molecule has 0 spiro atoms. The molecule has 108 valence electrons. The Morgan fingerprint density at radius 2 is 2.21 bits per heavy atom. The van der Waals surface area contributed by atoms with Gasteiger partial charge in [-0.15, -0.1) is 5.10 Å². The Balaban J connectivity index is 2.40. The lowest BCUT2D eigenvalue weighted by molar-refractivity contribution is -0.129. The number of rotatable bonds is 8. The zero-order valence-electron chi connectivity index (χ0n) is 11.8.